The Morgan fingerprint density at radius 3 is 2.57 bits per heavy atom. The number of hydrogen-bond acceptors (Lipinski definition) is 4. The summed E-state index contributed by atoms with van der Waals surface area (Å²) >= 11 is 0. The SMILES string of the molecule is C=CC[Si](OC)(OC)OCCC1CO1. The van der Waals surface area contributed by atoms with E-state index in [-0.39, 0.29) is 0 Å². The van der Waals surface area contributed by atoms with Gasteiger partial charge in [0.05, 0.1) is 12.7 Å². The molecule has 1 heterocycles. The van der Waals surface area contributed by atoms with E-state index in [2.05, 4.69) is 6.58 Å². The van der Waals surface area contributed by atoms with Crippen molar-refractivity contribution in [2.45, 2.75) is 18.6 Å². The Bertz CT molecular complexity index is 178. The van der Waals surface area contributed by atoms with Gasteiger partial charge in [0, 0.05) is 26.9 Å². The maximum absolute atomic E-state index is 5.66. The second-order valence-corrected chi connectivity index (χ2v) is 6.06. The molecule has 1 rings (SSSR count). The van der Waals surface area contributed by atoms with Crippen molar-refractivity contribution in [2.75, 3.05) is 27.4 Å². The van der Waals surface area contributed by atoms with Crippen molar-refractivity contribution in [3.63, 3.8) is 0 Å². The smallest absolute Gasteiger partial charge is 0.377 e. The van der Waals surface area contributed by atoms with Crippen molar-refractivity contribution in [3.05, 3.63) is 12.7 Å². The summed E-state index contributed by atoms with van der Waals surface area (Å²) in [7, 11) is 0.780. The molecule has 1 fully saturated rings. The zero-order valence-electron chi connectivity index (χ0n) is 8.82. The fourth-order valence-electron chi connectivity index (χ4n) is 1.18. The third-order valence-corrected chi connectivity index (χ3v) is 4.86. The fraction of sp³-hybridized carbons (Fsp3) is 0.778. The Labute approximate surface area is 86.2 Å². The molecule has 1 aliphatic rings. The van der Waals surface area contributed by atoms with Crippen LogP contribution in [0, 0.1) is 0 Å². The molecule has 1 aliphatic heterocycles. The summed E-state index contributed by atoms with van der Waals surface area (Å²) in [6.07, 6.45) is 3.07. The largest absolute Gasteiger partial charge is 0.504 e. The van der Waals surface area contributed by atoms with E-state index in [0.717, 1.165) is 13.0 Å². The number of hydrogen-bond donors (Lipinski definition) is 0. The van der Waals surface area contributed by atoms with Crippen LogP contribution in [0.15, 0.2) is 12.7 Å². The van der Waals surface area contributed by atoms with E-state index in [9.17, 15) is 0 Å². The van der Waals surface area contributed by atoms with Gasteiger partial charge in [-0.05, 0) is 6.42 Å². The van der Waals surface area contributed by atoms with Gasteiger partial charge in [0.2, 0.25) is 0 Å². The van der Waals surface area contributed by atoms with E-state index in [1.54, 1.807) is 20.3 Å². The van der Waals surface area contributed by atoms with Crippen molar-refractivity contribution >= 4 is 8.80 Å². The first-order valence-electron chi connectivity index (χ1n) is 4.73. The highest BCUT2D eigenvalue weighted by Gasteiger charge is 2.38. The zero-order valence-corrected chi connectivity index (χ0v) is 9.82. The summed E-state index contributed by atoms with van der Waals surface area (Å²) in [6.45, 7) is 5.16. The van der Waals surface area contributed by atoms with Gasteiger partial charge in [-0.1, -0.05) is 6.08 Å². The van der Waals surface area contributed by atoms with Crippen molar-refractivity contribution in [1.29, 1.82) is 0 Å². The molecule has 0 radical (unpaired) electrons. The zero-order chi connectivity index (χ0) is 10.4. The molecule has 0 spiro atoms. The Kier molecular flexibility index (Phi) is 4.77. The van der Waals surface area contributed by atoms with Gasteiger partial charge in [-0.25, -0.2) is 0 Å². The predicted molar refractivity (Wildman–Crippen MR) is 55.1 cm³/mol. The summed E-state index contributed by atoms with van der Waals surface area (Å²) in [6, 6.07) is 0.644. The van der Waals surface area contributed by atoms with E-state index < -0.39 is 8.80 Å². The molecule has 14 heavy (non-hydrogen) atoms. The first-order valence-corrected chi connectivity index (χ1v) is 6.66. The second-order valence-electron chi connectivity index (χ2n) is 3.18. The maximum Gasteiger partial charge on any atom is 0.504 e. The molecule has 1 unspecified atom stereocenters. The predicted octanol–water partition coefficient (Wildman–Crippen LogP) is 1.21. The molecule has 1 atom stereocenters. The highest BCUT2D eigenvalue weighted by atomic mass is 28.4. The van der Waals surface area contributed by atoms with Crippen LogP contribution in [-0.2, 0) is 18.0 Å². The van der Waals surface area contributed by atoms with Crippen LogP contribution in [0.2, 0.25) is 6.04 Å². The molecular formula is C9H18O4Si. The maximum atomic E-state index is 5.66. The van der Waals surface area contributed by atoms with E-state index in [1.165, 1.54) is 0 Å². The molecule has 1 saturated heterocycles. The molecule has 0 amide bonds. The van der Waals surface area contributed by atoms with E-state index in [4.69, 9.17) is 18.0 Å². The summed E-state index contributed by atoms with van der Waals surface area (Å²) in [5.74, 6) is 0. The highest BCUT2D eigenvalue weighted by Crippen LogP contribution is 2.18. The van der Waals surface area contributed by atoms with Crippen molar-refractivity contribution < 1.29 is 18.0 Å². The minimum atomic E-state index is -2.46. The minimum absolute atomic E-state index is 0.388. The van der Waals surface area contributed by atoms with Crippen LogP contribution in [0.25, 0.3) is 0 Å². The third kappa shape index (κ3) is 3.51. The third-order valence-electron chi connectivity index (χ3n) is 2.18. The van der Waals surface area contributed by atoms with Crippen LogP contribution in [0.3, 0.4) is 0 Å². The van der Waals surface area contributed by atoms with E-state index in [1.807, 2.05) is 0 Å². The Morgan fingerprint density at radius 2 is 2.14 bits per heavy atom. The number of rotatable bonds is 8. The normalized spacial score (nSPS) is 20.9. The van der Waals surface area contributed by atoms with Crippen LogP contribution in [0.4, 0.5) is 0 Å². The summed E-state index contributed by atoms with van der Waals surface area (Å²) in [5.41, 5.74) is 0. The molecule has 0 aromatic carbocycles. The van der Waals surface area contributed by atoms with Crippen molar-refractivity contribution in [1.82, 2.24) is 0 Å². The van der Waals surface area contributed by atoms with Gasteiger partial charge in [-0.15, -0.1) is 6.58 Å². The number of ether oxygens (including phenoxy) is 1. The summed E-state index contributed by atoms with van der Waals surface area (Å²) < 4.78 is 21.4. The average Bonchev–Trinajstić information content (AvgIpc) is 3.00. The minimum Gasteiger partial charge on any atom is -0.377 e. The van der Waals surface area contributed by atoms with Gasteiger partial charge in [0.1, 0.15) is 0 Å². The van der Waals surface area contributed by atoms with Gasteiger partial charge in [0.15, 0.2) is 0 Å². The monoisotopic (exact) mass is 218 g/mol. The van der Waals surface area contributed by atoms with Gasteiger partial charge >= 0.3 is 8.80 Å². The Hall–Kier alpha value is -0.203. The summed E-state index contributed by atoms with van der Waals surface area (Å²) in [5, 5.41) is 0. The van der Waals surface area contributed by atoms with Gasteiger partial charge in [-0.2, -0.15) is 0 Å². The molecule has 4 nitrogen and oxygen atoms in total. The van der Waals surface area contributed by atoms with Crippen molar-refractivity contribution in [3.8, 4) is 0 Å². The first kappa shape index (κ1) is 11.9. The van der Waals surface area contributed by atoms with Gasteiger partial charge in [0.25, 0.3) is 0 Å². The highest BCUT2D eigenvalue weighted by molar-refractivity contribution is 6.61. The van der Waals surface area contributed by atoms with Crippen LogP contribution >= 0.6 is 0 Å². The fourth-order valence-corrected chi connectivity index (χ4v) is 2.82. The summed E-state index contributed by atoms with van der Waals surface area (Å²) in [4.78, 5) is 0. The number of epoxide rings is 1. The van der Waals surface area contributed by atoms with Crippen molar-refractivity contribution in [2.24, 2.45) is 0 Å². The van der Waals surface area contributed by atoms with E-state index >= 15 is 0 Å². The Morgan fingerprint density at radius 1 is 1.50 bits per heavy atom. The van der Waals surface area contributed by atoms with Crippen LogP contribution in [-0.4, -0.2) is 42.3 Å². The molecule has 0 aliphatic carbocycles. The molecule has 5 heteroatoms. The lowest BCUT2D eigenvalue weighted by Gasteiger charge is -2.24. The second kappa shape index (κ2) is 5.62. The standard InChI is InChI=1S/C9H18O4Si/c1-4-7-14(10-2,11-3)13-6-5-9-8-12-9/h4,9H,1,5-8H2,2-3H3. The molecule has 0 N–H and O–H groups in total. The first-order chi connectivity index (χ1) is 6.76. The molecule has 82 valence electrons. The lowest BCUT2D eigenvalue weighted by Crippen LogP contribution is -2.43. The van der Waals surface area contributed by atoms with Crippen LogP contribution < -0.4 is 0 Å². The Balaban J connectivity index is 2.27. The molecule has 0 aromatic rings. The van der Waals surface area contributed by atoms with Crippen LogP contribution in [0.5, 0.6) is 0 Å². The van der Waals surface area contributed by atoms with E-state index in [0.29, 0.717) is 18.8 Å². The quantitative estimate of drug-likeness (QED) is 0.349. The lowest BCUT2D eigenvalue weighted by molar-refractivity contribution is 0.0978. The lowest BCUT2D eigenvalue weighted by atomic mass is 10.4. The van der Waals surface area contributed by atoms with Gasteiger partial charge < -0.3 is 18.0 Å². The number of allylic oxidation sites excluding steroid dienone is 1. The topological polar surface area (TPSA) is 40.2 Å². The average molecular weight is 218 g/mol. The molecule has 0 bridgehead atoms. The van der Waals surface area contributed by atoms with Gasteiger partial charge in [-0.3, -0.25) is 0 Å². The van der Waals surface area contributed by atoms with Crippen LogP contribution in [0.1, 0.15) is 6.42 Å². The molecular weight excluding hydrogens is 200 g/mol. The molecule has 0 aromatic heterocycles. The molecule has 0 saturated carbocycles.